The van der Waals surface area contributed by atoms with Gasteiger partial charge in [0, 0.05) is 6.54 Å². The largest absolute Gasteiger partial charge is 0.491 e. The number of aryl methyl sites for hydroxylation is 1. The van der Waals surface area contributed by atoms with Gasteiger partial charge in [-0.3, -0.25) is 0 Å². The van der Waals surface area contributed by atoms with Gasteiger partial charge in [0.05, 0.1) is 12.3 Å². The first-order valence-electron chi connectivity index (χ1n) is 7.18. The van der Waals surface area contributed by atoms with Crippen LogP contribution in [0.1, 0.15) is 45.6 Å². The quantitative estimate of drug-likeness (QED) is 0.725. The van der Waals surface area contributed by atoms with Crippen LogP contribution in [0.3, 0.4) is 0 Å². The lowest BCUT2D eigenvalue weighted by Gasteiger charge is -2.17. The lowest BCUT2D eigenvalue weighted by Crippen LogP contribution is -2.13. The fourth-order valence-corrected chi connectivity index (χ4v) is 1.95. The molecule has 0 radical (unpaired) electrons. The molecule has 0 saturated heterocycles. The minimum Gasteiger partial charge on any atom is -0.491 e. The van der Waals surface area contributed by atoms with Crippen LogP contribution in [0.2, 0.25) is 0 Å². The van der Waals surface area contributed by atoms with Gasteiger partial charge in [-0.1, -0.05) is 39.7 Å². The first-order chi connectivity index (χ1) is 8.71. The van der Waals surface area contributed by atoms with E-state index in [4.69, 9.17) is 4.74 Å². The SMILES string of the molecule is CCCOc1ccc(C)cc1NCC(CC)CC. The summed E-state index contributed by atoms with van der Waals surface area (Å²) in [6.45, 7) is 10.6. The van der Waals surface area contributed by atoms with Crippen molar-refractivity contribution >= 4 is 5.69 Å². The molecule has 0 fully saturated rings. The van der Waals surface area contributed by atoms with Crippen LogP contribution >= 0.6 is 0 Å². The monoisotopic (exact) mass is 249 g/mol. The fourth-order valence-electron chi connectivity index (χ4n) is 1.95. The Hall–Kier alpha value is -1.18. The first kappa shape index (κ1) is 14.9. The van der Waals surface area contributed by atoms with E-state index in [0.29, 0.717) is 0 Å². The van der Waals surface area contributed by atoms with Gasteiger partial charge >= 0.3 is 0 Å². The molecule has 0 unspecified atom stereocenters. The third-order valence-corrected chi connectivity index (χ3v) is 3.33. The Labute approximate surface area is 112 Å². The van der Waals surface area contributed by atoms with Gasteiger partial charge in [0.1, 0.15) is 5.75 Å². The van der Waals surface area contributed by atoms with Gasteiger partial charge < -0.3 is 10.1 Å². The second-order valence-corrected chi connectivity index (χ2v) is 4.91. The molecule has 0 aliphatic carbocycles. The number of hydrogen-bond donors (Lipinski definition) is 1. The standard InChI is InChI=1S/C16H27NO/c1-5-10-18-16-9-8-13(4)11-15(16)17-12-14(6-2)7-3/h8-9,11,14,17H,5-7,10,12H2,1-4H3. The van der Waals surface area contributed by atoms with Gasteiger partial charge in [0.25, 0.3) is 0 Å². The van der Waals surface area contributed by atoms with Crippen molar-refractivity contribution in [3.05, 3.63) is 23.8 Å². The highest BCUT2D eigenvalue weighted by Gasteiger charge is 2.07. The maximum atomic E-state index is 5.78. The van der Waals surface area contributed by atoms with Crippen LogP contribution < -0.4 is 10.1 Å². The van der Waals surface area contributed by atoms with Crippen molar-refractivity contribution < 1.29 is 4.74 Å². The van der Waals surface area contributed by atoms with Gasteiger partial charge in [-0.15, -0.1) is 0 Å². The molecule has 2 nitrogen and oxygen atoms in total. The van der Waals surface area contributed by atoms with Crippen LogP contribution in [0.4, 0.5) is 5.69 Å². The maximum absolute atomic E-state index is 5.78. The molecule has 102 valence electrons. The molecule has 0 saturated carbocycles. The number of hydrogen-bond acceptors (Lipinski definition) is 2. The molecule has 1 rings (SSSR count). The maximum Gasteiger partial charge on any atom is 0.142 e. The van der Waals surface area contributed by atoms with E-state index in [1.165, 1.54) is 18.4 Å². The van der Waals surface area contributed by atoms with Crippen LogP contribution in [-0.4, -0.2) is 13.2 Å². The molecule has 0 aliphatic rings. The third kappa shape index (κ3) is 4.59. The lowest BCUT2D eigenvalue weighted by atomic mass is 10.0. The summed E-state index contributed by atoms with van der Waals surface area (Å²) in [6.07, 6.45) is 3.49. The highest BCUT2D eigenvalue weighted by molar-refractivity contribution is 5.58. The molecule has 1 aromatic carbocycles. The minimum absolute atomic E-state index is 0.740. The first-order valence-corrected chi connectivity index (χ1v) is 7.18. The van der Waals surface area contributed by atoms with Crippen molar-refractivity contribution in [1.82, 2.24) is 0 Å². The zero-order valence-corrected chi connectivity index (χ0v) is 12.3. The average Bonchev–Trinajstić information content (AvgIpc) is 2.39. The van der Waals surface area contributed by atoms with E-state index in [1.54, 1.807) is 0 Å². The predicted octanol–water partition coefficient (Wildman–Crippen LogP) is 4.63. The Kier molecular flexibility index (Phi) is 6.63. The summed E-state index contributed by atoms with van der Waals surface area (Å²) in [4.78, 5) is 0. The summed E-state index contributed by atoms with van der Waals surface area (Å²) in [5.74, 6) is 1.72. The molecule has 0 aliphatic heterocycles. The molecule has 2 heteroatoms. The van der Waals surface area contributed by atoms with Crippen LogP contribution in [0.5, 0.6) is 5.75 Å². The number of anilines is 1. The summed E-state index contributed by atoms with van der Waals surface area (Å²) >= 11 is 0. The van der Waals surface area contributed by atoms with E-state index in [2.05, 4.69) is 51.2 Å². The molecular formula is C16H27NO. The number of nitrogens with one attached hydrogen (secondary N) is 1. The Bertz CT molecular complexity index is 345. The smallest absolute Gasteiger partial charge is 0.142 e. The van der Waals surface area contributed by atoms with E-state index < -0.39 is 0 Å². The van der Waals surface area contributed by atoms with Gasteiger partial charge in [0.2, 0.25) is 0 Å². The van der Waals surface area contributed by atoms with Gasteiger partial charge in [-0.2, -0.15) is 0 Å². The van der Waals surface area contributed by atoms with Crippen molar-refractivity contribution in [3.8, 4) is 5.75 Å². The average molecular weight is 249 g/mol. The van der Waals surface area contributed by atoms with E-state index in [9.17, 15) is 0 Å². The van der Waals surface area contributed by atoms with Gasteiger partial charge in [-0.05, 0) is 37.0 Å². The van der Waals surface area contributed by atoms with Crippen molar-refractivity contribution in [2.75, 3.05) is 18.5 Å². The van der Waals surface area contributed by atoms with Crippen molar-refractivity contribution in [1.29, 1.82) is 0 Å². The second kappa shape index (κ2) is 8.02. The molecule has 18 heavy (non-hydrogen) atoms. The highest BCUT2D eigenvalue weighted by Crippen LogP contribution is 2.26. The van der Waals surface area contributed by atoms with Gasteiger partial charge in [0.15, 0.2) is 0 Å². The molecule has 0 spiro atoms. The number of benzene rings is 1. The topological polar surface area (TPSA) is 21.3 Å². The normalized spacial score (nSPS) is 10.7. The van der Waals surface area contributed by atoms with Crippen LogP contribution in [0.25, 0.3) is 0 Å². The second-order valence-electron chi connectivity index (χ2n) is 4.91. The van der Waals surface area contributed by atoms with Crippen LogP contribution in [-0.2, 0) is 0 Å². The van der Waals surface area contributed by atoms with Crippen LogP contribution in [0.15, 0.2) is 18.2 Å². The van der Waals surface area contributed by atoms with E-state index in [0.717, 1.165) is 36.9 Å². The van der Waals surface area contributed by atoms with Crippen molar-refractivity contribution in [2.45, 2.75) is 47.0 Å². The summed E-state index contributed by atoms with van der Waals surface area (Å²) in [7, 11) is 0. The summed E-state index contributed by atoms with van der Waals surface area (Å²) in [5, 5.41) is 3.54. The Morgan fingerprint density at radius 3 is 2.50 bits per heavy atom. The molecule has 1 aromatic rings. The third-order valence-electron chi connectivity index (χ3n) is 3.33. The predicted molar refractivity (Wildman–Crippen MR) is 79.5 cm³/mol. The van der Waals surface area contributed by atoms with E-state index >= 15 is 0 Å². The van der Waals surface area contributed by atoms with Crippen molar-refractivity contribution in [2.24, 2.45) is 5.92 Å². The Morgan fingerprint density at radius 2 is 1.89 bits per heavy atom. The lowest BCUT2D eigenvalue weighted by molar-refractivity contribution is 0.318. The summed E-state index contributed by atoms with van der Waals surface area (Å²) in [5.41, 5.74) is 2.40. The highest BCUT2D eigenvalue weighted by atomic mass is 16.5. The molecule has 1 N–H and O–H groups in total. The molecule has 0 bridgehead atoms. The zero-order valence-electron chi connectivity index (χ0n) is 12.3. The number of ether oxygens (including phenoxy) is 1. The molecule has 0 amide bonds. The Balaban J connectivity index is 2.68. The van der Waals surface area contributed by atoms with Crippen LogP contribution in [0, 0.1) is 12.8 Å². The Morgan fingerprint density at radius 1 is 1.17 bits per heavy atom. The summed E-state index contributed by atoms with van der Waals surface area (Å²) < 4.78 is 5.78. The number of rotatable bonds is 8. The van der Waals surface area contributed by atoms with E-state index in [-0.39, 0.29) is 0 Å². The molecular weight excluding hydrogens is 222 g/mol. The van der Waals surface area contributed by atoms with Gasteiger partial charge in [-0.25, -0.2) is 0 Å². The minimum atomic E-state index is 0.740. The zero-order chi connectivity index (χ0) is 13.4. The molecule has 0 aromatic heterocycles. The molecule has 0 heterocycles. The fraction of sp³-hybridized carbons (Fsp3) is 0.625. The van der Waals surface area contributed by atoms with E-state index in [1.807, 2.05) is 0 Å². The van der Waals surface area contributed by atoms with Crippen molar-refractivity contribution in [3.63, 3.8) is 0 Å². The molecule has 0 atom stereocenters. The summed E-state index contributed by atoms with van der Waals surface area (Å²) in [6, 6.07) is 6.35.